The molecule has 0 unspecified atom stereocenters. The first-order valence-corrected chi connectivity index (χ1v) is 7.46. The molecule has 1 aliphatic heterocycles. The van der Waals surface area contributed by atoms with Crippen LogP contribution in [0.3, 0.4) is 0 Å². The second-order valence-corrected chi connectivity index (χ2v) is 5.18. The van der Waals surface area contributed by atoms with Crippen LogP contribution >= 0.6 is 0 Å². The zero-order valence-electron chi connectivity index (χ0n) is 12.0. The Labute approximate surface area is 116 Å². The molecule has 1 aliphatic rings. The number of aliphatic hydroxyl groups is 1. The molecule has 0 bridgehead atoms. The molecule has 0 amide bonds. The number of carbonyl (C=O) groups excluding carboxylic acids is 1. The monoisotopic (exact) mass is 266 g/mol. The lowest BCUT2D eigenvalue weighted by atomic mass is 10.1. The van der Waals surface area contributed by atoms with Crippen molar-refractivity contribution in [1.82, 2.24) is 0 Å². The minimum absolute atomic E-state index is 0.146. The van der Waals surface area contributed by atoms with Crippen LogP contribution in [0.15, 0.2) is 24.0 Å². The van der Waals surface area contributed by atoms with E-state index in [0.717, 1.165) is 12.8 Å². The Hall–Kier alpha value is -1.09. The van der Waals surface area contributed by atoms with Gasteiger partial charge in [0, 0.05) is 0 Å². The summed E-state index contributed by atoms with van der Waals surface area (Å²) in [5.74, 6) is -0.302. The van der Waals surface area contributed by atoms with Gasteiger partial charge in [-0.1, -0.05) is 64.5 Å². The van der Waals surface area contributed by atoms with Gasteiger partial charge in [0.05, 0.1) is 5.57 Å². The zero-order chi connectivity index (χ0) is 14.1. The van der Waals surface area contributed by atoms with Crippen molar-refractivity contribution in [3.63, 3.8) is 0 Å². The molecule has 0 aliphatic carbocycles. The van der Waals surface area contributed by atoms with Crippen LogP contribution in [-0.4, -0.2) is 17.2 Å². The molecule has 19 heavy (non-hydrogen) atoms. The lowest BCUT2D eigenvalue weighted by molar-refractivity contribution is -0.132. The van der Waals surface area contributed by atoms with Crippen molar-refractivity contribution in [1.29, 1.82) is 0 Å². The van der Waals surface area contributed by atoms with E-state index in [4.69, 9.17) is 4.74 Å². The summed E-state index contributed by atoms with van der Waals surface area (Å²) in [6.45, 7) is 5.72. The van der Waals surface area contributed by atoms with Gasteiger partial charge < -0.3 is 9.84 Å². The molecule has 1 fully saturated rings. The third-order valence-corrected chi connectivity index (χ3v) is 3.48. The minimum atomic E-state index is -0.929. The van der Waals surface area contributed by atoms with Crippen LogP contribution in [0.5, 0.6) is 0 Å². The van der Waals surface area contributed by atoms with Gasteiger partial charge in [0.25, 0.3) is 0 Å². The average molecular weight is 266 g/mol. The van der Waals surface area contributed by atoms with E-state index >= 15 is 0 Å². The van der Waals surface area contributed by atoms with Gasteiger partial charge in [-0.05, 0) is 12.8 Å². The number of esters is 1. The molecular formula is C16H26O3. The number of unbranched alkanes of at least 4 members (excludes halogenated alkanes) is 8. The lowest BCUT2D eigenvalue weighted by Crippen LogP contribution is -2.07. The number of carbonyl (C=O) groups is 1. The number of hydrogen-bond acceptors (Lipinski definition) is 3. The molecule has 3 nitrogen and oxygen atoms in total. The highest BCUT2D eigenvalue weighted by molar-refractivity contribution is 5.93. The van der Waals surface area contributed by atoms with Gasteiger partial charge >= 0.3 is 5.97 Å². The van der Waals surface area contributed by atoms with Gasteiger partial charge in [-0.15, -0.1) is 0 Å². The SMILES string of the molecule is C=C1OC(=O)/C(=C/CCCCCCCCCC)[C@H]1O. The van der Waals surface area contributed by atoms with Crippen molar-refractivity contribution in [2.45, 2.75) is 70.8 Å². The highest BCUT2D eigenvalue weighted by Crippen LogP contribution is 2.23. The highest BCUT2D eigenvalue weighted by Gasteiger charge is 2.32. The van der Waals surface area contributed by atoms with Crippen LogP contribution in [0, 0.1) is 0 Å². The Kier molecular flexibility index (Phi) is 7.49. The van der Waals surface area contributed by atoms with E-state index < -0.39 is 12.1 Å². The topological polar surface area (TPSA) is 46.5 Å². The average Bonchev–Trinajstić information content (AvgIpc) is 2.63. The molecule has 1 saturated heterocycles. The van der Waals surface area contributed by atoms with Gasteiger partial charge in [-0.3, -0.25) is 0 Å². The Balaban J connectivity index is 2.07. The first kappa shape index (κ1) is 16.0. The van der Waals surface area contributed by atoms with Crippen molar-refractivity contribution >= 4 is 5.97 Å². The van der Waals surface area contributed by atoms with Crippen LogP contribution in [0.2, 0.25) is 0 Å². The van der Waals surface area contributed by atoms with Crippen molar-refractivity contribution in [3.8, 4) is 0 Å². The summed E-state index contributed by atoms with van der Waals surface area (Å²) >= 11 is 0. The summed E-state index contributed by atoms with van der Waals surface area (Å²) in [5.41, 5.74) is 0.355. The maximum atomic E-state index is 11.4. The van der Waals surface area contributed by atoms with Crippen molar-refractivity contribution in [3.05, 3.63) is 24.0 Å². The molecule has 0 radical (unpaired) electrons. The second kappa shape index (κ2) is 8.92. The van der Waals surface area contributed by atoms with Crippen LogP contribution in [0.1, 0.15) is 64.7 Å². The lowest BCUT2D eigenvalue weighted by Gasteiger charge is -2.01. The zero-order valence-corrected chi connectivity index (χ0v) is 12.0. The standard InChI is InChI=1S/C16H26O3/c1-3-4-5-6-7-8-9-10-11-12-14-15(17)13(2)19-16(14)18/h12,15,17H,2-11H2,1H3/b14-12+/t15-/m0/s1. The van der Waals surface area contributed by atoms with E-state index in [0.29, 0.717) is 5.57 Å². The molecule has 0 saturated carbocycles. The normalized spacial score (nSPS) is 21.2. The molecule has 0 spiro atoms. The summed E-state index contributed by atoms with van der Waals surface area (Å²) in [6.07, 6.45) is 11.8. The summed E-state index contributed by atoms with van der Waals surface area (Å²) in [5, 5.41) is 9.64. The molecule has 0 aromatic heterocycles. The van der Waals surface area contributed by atoms with Gasteiger partial charge in [0.15, 0.2) is 0 Å². The van der Waals surface area contributed by atoms with Gasteiger partial charge in [0.1, 0.15) is 11.9 Å². The largest absolute Gasteiger partial charge is 0.425 e. The van der Waals surface area contributed by atoms with E-state index in [-0.39, 0.29) is 5.76 Å². The first-order chi connectivity index (χ1) is 9.16. The number of cyclic esters (lactones) is 1. The minimum Gasteiger partial charge on any atom is -0.425 e. The van der Waals surface area contributed by atoms with Crippen LogP contribution in [0.4, 0.5) is 0 Å². The fraction of sp³-hybridized carbons (Fsp3) is 0.688. The molecular weight excluding hydrogens is 240 g/mol. The highest BCUT2D eigenvalue weighted by atomic mass is 16.6. The molecule has 0 aromatic rings. The maximum Gasteiger partial charge on any atom is 0.341 e. The fourth-order valence-corrected chi connectivity index (χ4v) is 2.25. The van der Waals surface area contributed by atoms with Crippen molar-refractivity contribution in [2.75, 3.05) is 0 Å². The Bertz CT molecular complexity index is 331. The number of hydrogen-bond donors (Lipinski definition) is 1. The van der Waals surface area contributed by atoms with E-state index in [1.807, 2.05) is 0 Å². The van der Waals surface area contributed by atoms with Gasteiger partial charge in [-0.25, -0.2) is 4.79 Å². The summed E-state index contributed by atoms with van der Waals surface area (Å²) in [6, 6.07) is 0. The second-order valence-electron chi connectivity index (χ2n) is 5.18. The number of aliphatic hydroxyl groups excluding tert-OH is 1. The van der Waals surface area contributed by atoms with Crippen molar-refractivity contribution in [2.24, 2.45) is 0 Å². The molecule has 1 heterocycles. The summed E-state index contributed by atoms with van der Waals surface area (Å²) in [4.78, 5) is 11.4. The smallest absolute Gasteiger partial charge is 0.341 e. The quantitative estimate of drug-likeness (QED) is 0.391. The van der Waals surface area contributed by atoms with E-state index in [1.54, 1.807) is 6.08 Å². The summed E-state index contributed by atoms with van der Waals surface area (Å²) < 4.78 is 4.77. The number of allylic oxidation sites excluding steroid dienone is 1. The van der Waals surface area contributed by atoms with Crippen LogP contribution in [-0.2, 0) is 9.53 Å². The Morgan fingerprint density at radius 2 is 1.74 bits per heavy atom. The number of rotatable bonds is 9. The Morgan fingerprint density at radius 1 is 1.16 bits per heavy atom. The predicted octanol–water partition coefficient (Wildman–Crippen LogP) is 3.88. The van der Waals surface area contributed by atoms with Crippen LogP contribution in [0.25, 0.3) is 0 Å². The van der Waals surface area contributed by atoms with E-state index in [2.05, 4.69) is 13.5 Å². The van der Waals surface area contributed by atoms with E-state index in [1.165, 1.54) is 44.9 Å². The molecule has 3 heteroatoms. The molecule has 108 valence electrons. The maximum absolute atomic E-state index is 11.4. The van der Waals surface area contributed by atoms with Crippen molar-refractivity contribution < 1.29 is 14.6 Å². The van der Waals surface area contributed by atoms with Gasteiger partial charge in [0.2, 0.25) is 0 Å². The summed E-state index contributed by atoms with van der Waals surface area (Å²) in [7, 11) is 0. The predicted molar refractivity (Wildman–Crippen MR) is 76.5 cm³/mol. The molecule has 0 aromatic carbocycles. The molecule has 1 rings (SSSR count). The first-order valence-electron chi connectivity index (χ1n) is 7.46. The molecule has 1 N–H and O–H groups in total. The number of ether oxygens (including phenoxy) is 1. The van der Waals surface area contributed by atoms with Crippen LogP contribution < -0.4 is 0 Å². The Morgan fingerprint density at radius 3 is 2.26 bits per heavy atom. The fourth-order valence-electron chi connectivity index (χ4n) is 2.25. The van der Waals surface area contributed by atoms with Gasteiger partial charge in [-0.2, -0.15) is 0 Å². The third kappa shape index (κ3) is 5.60. The van der Waals surface area contributed by atoms with E-state index in [9.17, 15) is 9.90 Å². The third-order valence-electron chi connectivity index (χ3n) is 3.48. The molecule has 1 atom stereocenters.